The van der Waals surface area contributed by atoms with Gasteiger partial charge in [-0.25, -0.2) is 10.3 Å². The Hall–Kier alpha value is -1.13. The highest BCUT2D eigenvalue weighted by Gasteiger charge is 2.18. The molecule has 2 rings (SSSR count). The Morgan fingerprint density at radius 3 is 3.14 bits per heavy atom. The predicted molar refractivity (Wildman–Crippen MR) is 52.5 cm³/mol. The Kier molecular flexibility index (Phi) is 2.65. The lowest BCUT2D eigenvalue weighted by Gasteiger charge is -2.18. The summed E-state index contributed by atoms with van der Waals surface area (Å²) in [7, 11) is 0. The molecule has 14 heavy (non-hydrogen) atoms. The van der Waals surface area contributed by atoms with Crippen molar-refractivity contribution >= 4 is 5.69 Å². The largest absolute Gasteiger partial charge is 0.369 e. The van der Waals surface area contributed by atoms with E-state index < -0.39 is 0 Å². The molecule has 0 unspecified atom stereocenters. The SMILES string of the molecule is NOCCN1CCc2ccc(F)cc21. The molecule has 2 N–H and O–H groups in total. The van der Waals surface area contributed by atoms with Crippen molar-refractivity contribution in [1.29, 1.82) is 0 Å². The molecule has 0 saturated heterocycles. The number of anilines is 1. The average molecular weight is 196 g/mol. The number of benzene rings is 1. The molecule has 0 radical (unpaired) electrons. The molecule has 0 aliphatic carbocycles. The number of hydrogen-bond donors (Lipinski definition) is 1. The first-order chi connectivity index (χ1) is 6.81. The van der Waals surface area contributed by atoms with Crippen LogP contribution in [0.2, 0.25) is 0 Å². The van der Waals surface area contributed by atoms with Crippen LogP contribution in [0.3, 0.4) is 0 Å². The number of nitrogens with zero attached hydrogens (tertiary/aromatic N) is 1. The summed E-state index contributed by atoms with van der Waals surface area (Å²) < 4.78 is 13.0. The van der Waals surface area contributed by atoms with Crippen LogP contribution in [-0.4, -0.2) is 19.7 Å². The summed E-state index contributed by atoms with van der Waals surface area (Å²) in [5, 5.41) is 0. The normalized spacial score (nSPS) is 14.6. The van der Waals surface area contributed by atoms with Gasteiger partial charge in [-0.05, 0) is 24.1 Å². The Balaban J connectivity index is 2.16. The molecule has 0 spiro atoms. The van der Waals surface area contributed by atoms with Crippen molar-refractivity contribution in [3.05, 3.63) is 29.6 Å². The summed E-state index contributed by atoms with van der Waals surface area (Å²) >= 11 is 0. The average Bonchev–Trinajstić information content (AvgIpc) is 2.57. The fourth-order valence-corrected chi connectivity index (χ4v) is 1.81. The molecule has 1 aliphatic heterocycles. The summed E-state index contributed by atoms with van der Waals surface area (Å²) in [6, 6.07) is 4.91. The van der Waals surface area contributed by atoms with E-state index in [1.165, 1.54) is 11.6 Å². The molecule has 1 aromatic rings. The van der Waals surface area contributed by atoms with Crippen LogP contribution in [0.1, 0.15) is 5.56 Å². The van der Waals surface area contributed by atoms with Gasteiger partial charge in [0.15, 0.2) is 0 Å². The van der Waals surface area contributed by atoms with Crippen LogP contribution in [-0.2, 0) is 11.3 Å². The highest BCUT2D eigenvalue weighted by atomic mass is 19.1. The maximum Gasteiger partial charge on any atom is 0.125 e. The van der Waals surface area contributed by atoms with Crippen molar-refractivity contribution in [1.82, 2.24) is 0 Å². The molecular formula is C10H13FN2O. The van der Waals surface area contributed by atoms with Gasteiger partial charge in [-0.15, -0.1) is 0 Å². The van der Waals surface area contributed by atoms with Crippen LogP contribution in [0.4, 0.5) is 10.1 Å². The summed E-state index contributed by atoms with van der Waals surface area (Å²) in [6.07, 6.45) is 0.972. The Morgan fingerprint density at radius 1 is 1.50 bits per heavy atom. The van der Waals surface area contributed by atoms with Gasteiger partial charge in [0.2, 0.25) is 0 Å². The van der Waals surface area contributed by atoms with Crippen LogP contribution in [0.5, 0.6) is 0 Å². The third kappa shape index (κ3) is 1.71. The minimum Gasteiger partial charge on any atom is -0.369 e. The second kappa shape index (κ2) is 3.94. The third-order valence-corrected chi connectivity index (χ3v) is 2.52. The van der Waals surface area contributed by atoms with E-state index in [4.69, 9.17) is 5.90 Å². The fourth-order valence-electron chi connectivity index (χ4n) is 1.81. The van der Waals surface area contributed by atoms with E-state index in [2.05, 4.69) is 9.74 Å². The fraction of sp³-hybridized carbons (Fsp3) is 0.400. The standard InChI is InChI=1S/C10H13FN2O/c11-9-2-1-8-3-4-13(5-6-14-12)10(8)7-9/h1-2,7H,3-6,12H2. The van der Waals surface area contributed by atoms with E-state index in [0.29, 0.717) is 13.2 Å². The van der Waals surface area contributed by atoms with Gasteiger partial charge in [-0.1, -0.05) is 6.07 Å². The minimum absolute atomic E-state index is 0.190. The zero-order valence-electron chi connectivity index (χ0n) is 7.87. The molecule has 0 atom stereocenters. The van der Waals surface area contributed by atoms with Crippen molar-refractivity contribution in [3.8, 4) is 0 Å². The molecule has 4 heteroatoms. The van der Waals surface area contributed by atoms with Crippen LogP contribution < -0.4 is 10.8 Å². The molecule has 0 fully saturated rings. The highest BCUT2D eigenvalue weighted by Crippen LogP contribution is 2.27. The molecule has 1 aromatic carbocycles. The van der Waals surface area contributed by atoms with Crippen LogP contribution >= 0.6 is 0 Å². The summed E-state index contributed by atoms with van der Waals surface area (Å²) in [6.45, 7) is 2.10. The minimum atomic E-state index is -0.190. The lowest BCUT2D eigenvalue weighted by atomic mass is 10.2. The Morgan fingerprint density at radius 2 is 2.36 bits per heavy atom. The molecule has 0 saturated carbocycles. The quantitative estimate of drug-likeness (QED) is 0.735. The van der Waals surface area contributed by atoms with Gasteiger partial charge in [0.1, 0.15) is 5.82 Å². The van der Waals surface area contributed by atoms with Crippen molar-refractivity contribution in [3.63, 3.8) is 0 Å². The first-order valence-corrected chi connectivity index (χ1v) is 4.66. The number of fused-ring (bicyclic) bond motifs is 1. The second-order valence-electron chi connectivity index (χ2n) is 3.38. The molecule has 76 valence electrons. The van der Waals surface area contributed by atoms with Crippen molar-refractivity contribution in [2.24, 2.45) is 5.90 Å². The molecule has 0 bridgehead atoms. The van der Waals surface area contributed by atoms with E-state index >= 15 is 0 Å². The summed E-state index contributed by atoms with van der Waals surface area (Å²) in [5.74, 6) is 4.77. The topological polar surface area (TPSA) is 38.5 Å². The lowest BCUT2D eigenvalue weighted by molar-refractivity contribution is 0.144. The zero-order chi connectivity index (χ0) is 9.97. The Bertz CT molecular complexity index is 330. The summed E-state index contributed by atoms with van der Waals surface area (Å²) in [5.41, 5.74) is 2.17. The third-order valence-electron chi connectivity index (χ3n) is 2.52. The lowest BCUT2D eigenvalue weighted by Crippen LogP contribution is -2.26. The highest BCUT2D eigenvalue weighted by molar-refractivity contribution is 5.58. The monoisotopic (exact) mass is 196 g/mol. The van der Waals surface area contributed by atoms with Crippen molar-refractivity contribution in [2.75, 3.05) is 24.6 Å². The van der Waals surface area contributed by atoms with Crippen LogP contribution in [0, 0.1) is 5.82 Å². The van der Waals surface area contributed by atoms with Gasteiger partial charge in [0.25, 0.3) is 0 Å². The van der Waals surface area contributed by atoms with Gasteiger partial charge in [-0.3, -0.25) is 0 Å². The van der Waals surface area contributed by atoms with Crippen molar-refractivity contribution in [2.45, 2.75) is 6.42 Å². The smallest absolute Gasteiger partial charge is 0.125 e. The van der Waals surface area contributed by atoms with Crippen molar-refractivity contribution < 1.29 is 9.23 Å². The van der Waals surface area contributed by atoms with Crippen LogP contribution in [0.15, 0.2) is 18.2 Å². The molecule has 3 nitrogen and oxygen atoms in total. The number of hydrogen-bond acceptors (Lipinski definition) is 3. The number of nitrogens with two attached hydrogens (primary N) is 1. The Labute approximate surface area is 82.2 Å². The van der Waals surface area contributed by atoms with E-state index in [-0.39, 0.29) is 5.82 Å². The maximum absolute atomic E-state index is 13.0. The maximum atomic E-state index is 13.0. The number of halogens is 1. The number of rotatable bonds is 3. The second-order valence-corrected chi connectivity index (χ2v) is 3.38. The van der Waals surface area contributed by atoms with E-state index in [1.807, 2.05) is 6.07 Å². The molecule has 1 heterocycles. The molecule has 0 amide bonds. The van der Waals surface area contributed by atoms with E-state index in [1.54, 1.807) is 6.07 Å². The van der Waals surface area contributed by atoms with E-state index in [0.717, 1.165) is 18.7 Å². The molecule has 0 aromatic heterocycles. The van der Waals surface area contributed by atoms with Crippen LogP contribution in [0.25, 0.3) is 0 Å². The summed E-state index contributed by atoms with van der Waals surface area (Å²) in [4.78, 5) is 6.60. The van der Waals surface area contributed by atoms with Gasteiger partial charge in [0, 0.05) is 18.8 Å². The van der Waals surface area contributed by atoms with Gasteiger partial charge in [-0.2, -0.15) is 0 Å². The van der Waals surface area contributed by atoms with E-state index in [9.17, 15) is 4.39 Å². The van der Waals surface area contributed by atoms with Gasteiger partial charge in [0.05, 0.1) is 6.61 Å². The first kappa shape index (κ1) is 9.43. The molecular weight excluding hydrogens is 183 g/mol. The molecule has 1 aliphatic rings. The predicted octanol–water partition coefficient (Wildman–Crippen LogP) is 1.08. The van der Waals surface area contributed by atoms with Gasteiger partial charge < -0.3 is 9.74 Å². The van der Waals surface area contributed by atoms with Gasteiger partial charge >= 0.3 is 0 Å². The first-order valence-electron chi connectivity index (χ1n) is 4.66. The zero-order valence-corrected chi connectivity index (χ0v) is 7.87.